The van der Waals surface area contributed by atoms with Crippen molar-refractivity contribution in [3.05, 3.63) is 59.4 Å². The highest BCUT2D eigenvalue weighted by molar-refractivity contribution is 6.30. The number of carbonyl (C=O) groups excluding carboxylic acids is 1. The van der Waals surface area contributed by atoms with Gasteiger partial charge in [0, 0.05) is 30.0 Å². The van der Waals surface area contributed by atoms with Gasteiger partial charge in [0.15, 0.2) is 0 Å². The Bertz CT molecular complexity index is 714. The maximum Gasteiger partial charge on any atom is 0.238 e. The summed E-state index contributed by atoms with van der Waals surface area (Å²) in [6.07, 6.45) is 3.26. The highest BCUT2D eigenvalue weighted by Gasteiger charge is 2.30. The van der Waals surface area contributed by atoms with E-state index in [-0.39, 0.29) is 31.1 Å². The highest BCUT2D eigenvalue weighted by atomic mass is 35.5. The van der Waals surface area contributed by atoms with E-state index in [1.54, 1.807) is 36.7 Å². The first-order valence-electron chi connectivity index (χ1n) is 8.37. The average molecular weight is 377 g/mol. The molecule has 0 bridgehead atoms. The number of aromatic nitrogens is 1. The number of aliphatic hydroxyl groups is 1. The molecule has 1 aromatic carbocycles. The normalized spacial score (nSPS) is 20.5. The third-order valence-corrected chi connectivity index (χ3v) is 4.35. The number of nitrogens with zero attached hydrogens (tertiary/aromatic N) is 1. The molecule has 0 radical (unpaired) electrons. The lowest BCUT2D eigenvalue weighted by Gasteiger charge is -2.15. The van der Waals surface area contributed by atoms with Gasteiger partial charge in [-0.25, -0.2) is 10.9 Å². The number of hydrogen-bond donors (Lipinski definition) is 4. The SMILES string of the molecule is O=C(NCC(O)COc1ccc(Cl)cc1)C1CC(c2ccncc2)NN1. The zero-order valence-corrected chi connectivity index (χ0v) is 14.8. The van der Waals surface area contributed by atoms with Crippen molar-refractivity contribution >= 4 is 17.5 Å². The van der Waals surface area contributed by atoms with E-state index in [1.807, 2.05) is 12.1 Å². The fourth-order valence-electron chi connectivity index (χ4n) is 2.67. The Morgan fingerprint density at radius 3 is 2.73 bits per heavy atom. The molecule has 26 heavy (non-hydrogen) atoms. The summed E-state index contributed by atoms with van der Waals surface area (Å²) in [4.78, 5) is 16.2. The average Bonchev–Trinajstić information content (AvgIpc) is 3.17. The first-order valence-corrected chi connectivity index (χ1v) is 8.75. The molecule has 2 heterocycles. The lowest BCUT2D eigenvalue weighted by Crippen LogP contribution is -2.46. The minimum Gasteiger partial charge on any atom is -0.491 e. The van der Waals surface area contributed by atoms with E-state index < -0.39 is 6.10 Å². The monoisotopic (exact) mass is 376 g/mol. The Balaban J connectivity index is 1.39. The van der Waals surface area contributed by atoms with Gasteiger partial charge in [0.05, 0.1) is 0 Å². The summed E-state index contributed by atoms with van der Waals surface area (Å²) in [5.74, 6) is 0.446. The summed E-state index contributed by atoms with van der Waals surface area (Å²) in [5.41, 5.74) is 7.16. The second-order valence-electron chi connectivity index (χ2n) is 6.07. The molecule has 8 heteroatoms. The fourth-order valence-corrected chi connectivity index (χ4v) is 2.79. The second-order valence-corrected chi connectivity index (χ2v) is 6.51. The van der Waals surface area contributed by atoms with Gasteiger partial charge in [-0.05, 0) is 48.4 Å². The molecule has 0 saturated carbocycles. The number of pyridine rings is 1. The van der Waals surface area contributed by atoms with Crippen LogP contribution in [0.1, 0.15) is 18.0 Å². The van der Waals surface area contributed by atoms with Crippen LogP contribution < -0.4 is 20.9 Å². The lowest BCUT2D eigenvalue weighted by atomic mass is 10.0. The number of rotatable bonds is 7. The minimum atomic E-state index is -0.806. The largest absolute Gasteiger partial charge is 0.491 e. The molecule has 2 aromatic rings. The number of nitrogens with one attached hydrogen (secondary N) is 3. The van der Waals surface area contributed by atoms with E-state index >= 15 is 0 Å². The van der Waals surface area contributed by atoms with E-state index in [0.29, 0.717) is 17.2 Å². The second kappa shape index (κ2) is 8.95. The van der Waals surface area contributed by atoms with E-state index in [9.17, 15) is 9.90 Å². The Morgan fingerprint density at radius 1 is 1.27 bits per heavy atom. The Hall–Kier alpha value is -2.19. The van der Waals surface area contributed by atoms with Gasteiger partial charge in [0.1, 0.15) is 24.5 Å². The number of benzene rings is 1. The molecule has 1 saturated heterocycles. The van der Waals surface area contributed by atoms with Crippen molar-refractivity contribution in [1.29, 1.82) is 0 Å². The Kier molecular flexibility index (Phi) is 6.40. The van der Waals surface area contributed by atoms with Crippen LogP contribution in [0.2, 0.25) is 5.02 Å². The van der Waals surface area contributed by atoms with Gasteiger partial charge in [0.2, 0.25) is 5.91 Å². The van der Waals surface area contributed by atoms with E-state index in [4.69, 9.17) is 16.3 Å². The van der Waals surface area contributed by atoms with Crippen LogP contribution in [0.3, 0.4) is 0 Å². The molecular weight excluding hydrogens is 356 g/mol. The Labute approximate surface area is 156 Å². The van der Waals surface area contributed by atoms with Crippen LogP contribution in [0.15, 0.2) is 48.8 Å². The Morgan fingerprint density at radius 2 is 2.00 bits per heavy atom. The van der Waals surface area contributed by atoms with Gasteiger partial charge >= 0.3 is 0 Å². The number of hydrogen-bond acceptors (Lipinski definition) is 6. The highest BCUT2D eigenvalue weighted by Crippen LogP contribution is 2.21. The van der Waals surface area contributed by atoms with Crippen LogP contribution in [0, 0.1) is 0 Å². The number of hydrazine groups is 1. The van der Waals surface area contributed by atoms with Crippen LogP contribution in [0.5, 0.6) is 5.75 Å². The van der Waals surface area contributed by atoms with Gasteiger partial charge in [-0.1, -0.05) is 11.6 Å². The van der Waals surface area contributed by atoms with Gasteiger partial charge in [0.25, 0.3) is 0 Å². The predicted octanol–water partition coefficient (Wildman–Crippen LogP) is 1.20. The summed E-state index contributed by atoms with van der Waals surface area (Å²) in [6.45, 7) is 0.197. The molecule has 1 amide bonds. The van der Waals surface area contributed by atoms with Crippen LogP contribution in [0.4, 0.5) is 0 Å². The van der Waals surface area contributed by atoms with Crippen molar-refractivity contribution < 1.29 is 14.6 Å². The van der Waals surface area contributed by atoms with E-state index in [0.717, 1.165) is 5.56 Å². The van der Waals surface area contributed by atoms with Crippen molar-refractivity contribution in [2.75, 3.05) is 13.2 Å². The molecule has 0 spiro atoms. The van der Waals surface area contributed by atoms with Crippen LogP contribution in [0.25, 0.3) is 0 Å². The molecule has 1 fully saturated rings. The van der Waals surface area contributed by atoms with E-state index in [2.05, 4.69) is 21.2 Å². The maximum absolute atomic E-state index is 12.2. The molecule has 3 unspecified atom stereocenters. The molecule has 1 aromatic heterocycles. The standard InChI is InChI=1S/C18H21ClN4O3/c19-13-1-3-15(4-2-13)26-11-14(24)10-21-18(25)17-9-16(22-23-17)12-5-7-20-8-6-12/h1-8,14,16-17,22-24H,9-11H2,(H,21,25). The lowest BCUT2D eigenvalue weighted by molar-refractivity contribution is -0.123. The van der Waals surface area contributed by atoms with Crippen molar-refractivity contribution in [3.8, 4) is 5.75 Å². The predicted molar refractivity (Wildman–Crippen MR) is 97.6 cm³/mol. The molecule has 1 aliphatic heterocycles. The third kappa shape index (κ3) is 5.15. The summed E-state index contributed by atoms with van der Waals surface area (Å²) >= 11 is 5.80. The quantitative estimate of drug-likeness (QED) is 0.580. The number of ether oxygens (including phenoxy) is 1. The van der Waals surface area contributed by atoms with Crippen molar-refractivity contribution in [2.45, 2.75) is 24.6 Å². The van der Waals surface area contributed by atoms with Gasteiger partial charge in [-0.2, -0.15) is 0 Å². The molecule has 3 rings (SSSR count). The van der Waals surface area contributed by atoms with Crippen molar-refractivity contribution in [2.24, 2.45) is 0 Å². The number of amides is 1. The zero-order chi connectivity index (χ0) is 18.4. The molecule has 0 aliphatic carbocycles. The fraction of sp³-hybridized carbons (Fsp3) is 0.333. The van der Waals surface area contributed by atoms with Crippen molar-refractivity contribution in [1.82, 2.24) is 21.2 Å². The summed E-state index contributed by atoms with van der Waals surface area (Å²) < 4.78 is 5.46. The molecule has 7 nitrogen and oxygen atoms in total. The molecule has 138 valence electrons. The molecular formula is C18H21ClN4O3. The summed E-state index contributed by atoms with van der Waals surface area (Å²) in [7, 11) is 0. The minimum absolute atomic E-state index is 0.0481. The summed E-state index contributed by atoms with van der Waals surface area (Å²) in [5, 5.41) is 13.3. The number of carbonyl (C=O) groups is 1. The van der Waals surface area contributed by atoms with E-state index in [1.165, 1.54) is 0 Å². The smallest absolute Gasteiger partial charge is 0.238 e. The number of aliphatic hydroxyl groups excluding tert-OH is 1. The van der Waals surface area contributed by atoms with Gasteiger partial charge < -0.3 is 15.2 Å². The summed E-state index contributed by atoms with van der Waals surface area (Å²) in [6, 6.07) is 10.4. The van der Waals surface area contributed by atoms with Gasteiger partial charge in [-0.15, -0.1) is 0 Å². The van der Waals surface area contributed by atoms with Crippen LogP contribution in [-0.4, -0.2) is 41.3 Å². The molecule has 3 atom stereocenters. The number of halogens is 1. The molecule has 4 N–H and O–H groups in total. The van der Waals surface area contributed by atoms with Crippen LogP contribution >= 0.6 is 11.6 Å². The molecule has 1 aliphatic rings. The maximum atomic E-state index is 12.2. The van der Waals surface area contributed by atoms with Crippen LogP contribution in [-0.2, 0) is 4.79 Å². The third-order valence-electron chi connectivity index (χ3n) is 4.10. The van der Waals surface area contributed by atoms with Crippen molar-refractivity contribution in [3.63, 3.8) is 0 Å². The topological polar surface area (TPSA) is 95.5 Å². The van der Waals surface area contributed by atoms with Gasteiger partial charge in [-0.3, -0.25) is 9.78 Å². The zero-order valence-electron chi connectivity index (χ0n) is 14.1. The first-order chi connectivity index (χ1) is 12.6. The first kappa shape index (κ1) is 18.6.